The lowest BCUT2D eigenvalue weighted by Gasteiger charge is -2.29. The molecule has 4 nitrogen and oxygen atoms in total. The zero-order valence-corrected chi connectivity index (χ0v) is 17.4. The Hall–Kier alpha value is -0.436. The largest absolute Gasteiger partial charge is 0.478 e. The number of rotatable bonds is 11. The van der Waals surface area contributed by atoms with E-state index >= 15 is 0 Å². The minimum Gasteiger partial charge on any atom is -0.478 e. The van der Waals surface area contributed by atoms with Crippen molar-refractivity contribution in [2.24, 2.45) is 0 Å². The van der Waals surface area contributed by atoms with E-state index < -0.39 is 22.6 Å². The molecule has 1 N–H and O–H groups in total. The molecule has 0 aromatic heterocycles. The van der Waals surface area contributed by atoms with Crippen molar-refractivity contribution in [1.82, 2.24) is 0 Å². The Labute approximate surface area is 138 Å². The van der Waals surface area contributed by atoms with Gasteiger partial charge in [0.25, 0.3) is 0 Å². The van der Waals surface area contributed by atoms with E-state index in [4.69, 9.17) is 14.0 Å². The van der Waals surface area contributed by atoms with Gasteiger partial charge in [0.15, 0.2) is 16.6 Å². The van der Waals surface area contributed by atoms with Crippen LogP contribution in [-0.2, 0) is 13.6 Å². The van der Waals surface area contributed by atoms with E-state index in [9.17, 15) is 4.79 Å². The molecule has 0 aliphatic rings. The van der Waals surface area contributed by atoms with Gasteiger partial charge in [0, 0.05) is 5.57 Å². The molecule has 0 radical (unpaired) electrons. The van der Waals surface area contributed by atoms with Crippen molar-refractivity contribution in [2.45, 2.75) is 78.0 Å². The minimum absolute atomic E-state index is 0.169. The van der Waals surface area contributed by atoms with Gasteiger partial charge in [-0.05, 0) is 65.5 Å². The van der Waals surface area contributed by atoms with Crippen LogP contribution in [0.1, 0.15) is 32.6 Å². The molecular formula is C16H34O4Si2. The van der Waals surface area contributed by atoms with Crippen molar-refractivity contribution in [3.63, 3.8) is 0 Å². The van der Waals surface area contributed by atoms with Crippen LogP contribution in [0.3, 0.4) is 0 Å². The highest BCUT2D eigenvalue weighted by Gasteiger charge is 2.23. The maximum absolute atomic E-state index is 10.7. The predicted molar refractivity (Wildman–Crippen MR) is 97.4 cm³/mol. The standard InChI is InChI=1S/C16H34O4Si2/c1-14(16(17)18)11-9-8-10-12-15(20-22(5,6)7)13-19-21(2,3)4/h11,15H,8-10,12-13H2,1-7H3,(H,17,18). The number of carboxylic acids is 1. The van der Waals surface area contributed by atoms with Gasteiger partial charge in [0.2, 0.25) is 0 Å². The maximum Gasteiger partial charge on any atom is 0.330 e. The number of carbonyl (C=O) groups is 1. The van der Waals surface area contributed by atoms with Crippen LogP contribution in [0.5, 0.6) is 0 Å². The van der Waals surface area contributed by atoms with E-state index in [1.165, 1.54) is 0 Å². The number of aliphatic carboxylic acids is 1. The Kier molecular flexibility index (Phi) is 9.46. The number of hydrogen-bond donors (Lipinski definition) is 1. The molecule has 0 aliphatic carbocycles. The first-order chi connectivity index (χ1) is 9.91. The maximum atomic E-state index is 10.7. The van der Waals surface area contributed by atoms with Crippen LogP contribution >= 0.6 is 0 Å². The molecule has 0 rings (SSSR count). The predicted octanol–water partition coefficient (Wildman–Crippen LogP) is 4.65. The molecule has 0 saturated carbocycles. The molecule has 1 unspecified atom stereocenters. The van der Waals surface area contributed by atoms with Crippen LogP contribution in [-0.4, -0.2) is 40.4 Å². The van der Waals surface area contributed by atoms with Crippen molar-refractivity contribution < 1.29 is 18.8 Å². The van der Waals surface area contributed by atoms with Gasteiger partial charge in [-0.1, -0.05) is 12.5 Å². The minimum atomic E-state index is -1.57. The third-order valence-corrected chi connectivity index (χ3v) is 5.06. The lowest BCUT2D eigenvalue weighted by atomic mass is 10.1. The molecule has 0 amide bonds. The SMILES string of the molecule is CC(=CCCCCC(CO[Si](C)(C)C)O[Si](C)(C)C)C(=O)O. The van der Waals surface area contributed by atoms with Gasteiger partial charge in [-0.25, -0.2) is 4.79 Å². The summed E-state index contributed by atoms with van der Waals surface area (Å²) in [6.07, 6.45) is 5.79. The number of allylic oxidation sites excluding steroid dienone is 1. The van der Waals surface area contributed by atoms with E-state index in [-0.39, 0.29) is 6.10 Å². The molecule has 0 fully saturated rings. The van der Waals surface area contributed by atoms with Crippen LogP contribution in [0.15, 0.2) is 11.6 Å². The molecular weight excluding hydrogens is 312 g/mol. The summed E-state index contributed by atoms with van der Waals surface area (Å²) in [6.45, 7) is 15.5. The van der Waals surface area contributed by atoms with Crippen LogP contribution < -0.4 is 0 Å². The van der Waals surface area contributed by atoms with Gasteiger partial charge in [-0.2, -0.15) is 0 Å². The first kappa shape index (κ1) is 21.6. The average molecular weight is 347 g/mol. The summed E-state index contributed by atoms with van der Waals surface area (Å²) >= 11 is 0. The van der Waals surface area contributed by atoms with Crippen molar-refractivity contribution in [2.75, 3.05) is 6.61 Å². The molecule has 0 saturated heterocycles. The van der Waals surface area contributed by atoms with E-state index in [0.717, 1.165) is 25.7 Å². The highest BCUT2D eigenvalue weighted by Crippen LogP contribution is 2.16. The van der Waals surface area contributed by atoms with Gasteiger partial charge in [0.1, 0.15) is 0 Å². The number of unbranched alkanes of at least 4 members (excludes halogenated alkanes) is 2. The fourth-order valence-electron chi connectivity index (χ4n) is 1.94. The highest BCUT2D eigenvalue weighted by molar-refractivity contribution is 6.70. The van der Waals surface area contributed by atoms with E-state index in [2.05, 4.69) is 39.3 Å². The molecule has 0 aromatic carbocycles. The van der Waals surface area contributed by atoms with E-state index in [0.29, 0.717) is 12.2 Å². The van der Waals surface area contributed by atoms with Crippen molar-refractivity contribution in [3.8, 4) is 0 Å². The van der Waals surface area contributed by atoms with Gasteiger partial charge in [-0.15, -0.1) is 0 Å². The molecule has 0 heterocycles. The molecule has 0 aromatic rings. The molecule has 6 heteroatoms. The molecule has 0 bridgehead atoms. The van der Waals surface area contributed by atoms with Gasteiger partial charge < -0.3 is 14.0 Å². The van der Waals surface area contributed by atoms with Crippen LogP contribution in [0, 0.1) is 0 Å². The van der Waals surface area contributed by atoms with Gasteiger partial charge >= 0.3 is 5.97 Å². The molecule has 0 spiro atoms. The van der Waals surface area contributed by atoms with Crippen molar-refractivity contribution >= 4 is 22.6 Å². The Bertz CT molecular complexity index is 367. The van der Waals surface area contributed by atoms with E-state index in [1.807, 2.05) is 0 Å². The zero-order chi connectivity index (χ0) is 17.4. The molecule has 22 heavy (non-hydrogen) atoms. The average Bonchev–Trinajstić information content (AvgIpc) is 2.32. The Morgan fingerprint density at radius 3 is 2.14 bits per heavy atom. The van der Waals surface area contributed by atoms with Crippen LogP contribution in [0.4, 0.5) is 0 Å². The Morgan fingerprint density at radius 2 is 1.68 bits per heavy atom. The summed E-state index contributed by atoms with van der Waals surface area (Å²) in [5.41, 5.74) is 0.428. The van der Waals surface area contributed by atoms with Crippen molar-refractivity contribution in [3.05, 3.63) is 11.6 Å². The summed E-state index contributed by atoms with van der Waals surface area (Å²) in [5.74, 6) is -0.830. The first-order valence-corrected chi connectivity index (χ1v) is 14.9. The third-order valence-electron chi connectivity index (χ3n) is 2.99. The molecule has 0 aliphatic heterocycles. The molecule has 130 valence electrons. The molecule has 1 atom stereocenters. The normalized spacial score (nSPS) is 15.0. The summed E-state index contributed by atoms with van der Waals surface area (Å²) in [7, 11) is -3.09. The van der Waals surface area contributed by atoms with Gasteiger partial charge in [0.05, 0.1) is 12.7 Å². The number of hydrogen-bond acceptors (Lipinski definition) is 3. The first-order valence-electron chi connectivity index (χ1n) is 8.12. The fourth-order valence-corrected chi connectivity index (χ4v) is 3.81. The fraction of sp³-hybridized carbons (Fsp3) is 0.812. The third kappa shape index (κ3) is 13.2. The highest BCUT2D eigenvalue weighted by atomic mass is 28.4. The summed E-state index contributed by atoms with van der Waals surface area (Å²) in [4.78, 5) is 10.7. The summed E-state index contributed by atoms with van der Waals surface area (Å²) in [5, 5.41) is 8.80. The Morgan fingerprint density at radius 1 is 1.09 bits per heavy atom. The monoisotopic (exact) mass is 346 g/mol. The van der Waals surface area contributed by atoms with E-state index in [1.54, 1.807) is 13.0 Å². The smallest absolute Gasteiger partial charge is 0.330 e. The quantitative estimate of drug-likeness (QED) is 0.336. The lowest BCUT2D eigenvalue weighted by molar-refractivity contribution is -0.132. The lowest BCUT2D eigenvalue weighted by Crippen LogP contribution is -2.38. The van der Waals surface area contributed by atoms with Gasteiger partial charge in [-0.3, -0.25) is 0 Å². The summed E-state index contributed by atoms with van der Waals surface area (Å²) < 4.78 is 12.2. The Balaban J connectivity index is 4.24. The zero-order valence-electron chi connectivity index (χ0n) is 15.4. The number of carboxylic acid groups (broad SMARTS) is 1. The van der Waals surface area contributed by atoms with Crippen LogP contribution in [0.2, 0.25) is 39.3 Å². The second-order valence-corrected chi connectivity index (χ2v) is 16.7. The second kappa shape index (κ2) is 9.65. The van der Waals surface area contributed by atoms with Crippen molar-refractivity contribution in [1.29, 1.82) is 0 Å². The topological polar surface area (TPSA) is 55.8 Å². The van der Waals surface area contributed by atoms with Crippen LogP contribution in [0.25, 0.3) is 0 Å². The summed E-state index contributed by atoms with van der Waals surface area (Å²) in [6, 6.07) is 0. The second-order valence-electron chi connectivity index (χ2n) is 7.75.